The van der Waals surface area contributed by atoms with Crippen LogP contribution in [0.1, 0.15) is 13.3 Å². The van der Waals surface area contributed by atoms with Crippen LogP contribution in [0.15, 0.2) is 48.7 Å². The Kier molecular flexibility index (Phi) is 5.25. The van der Waals surface area contributed by atoms with Crippen molar-refractivity contribution in [3.63, 3.8) is 0 Å². The Morgan fingerprint density at radius 3 is 2.50 bits per heavy atom. The first-order valence-corrected chi connectivity index (χ1v) is 9.83. The first kappa shape index (κ1) is 18.4. The second-order valence-corrected chi connectivity index (χ2v) is 7.14. The van der Waals surface area contributed by atoms with E-state index in [1.807, 2.05) is 25.3 Å². The molecule has 2 N–H and O–H groups in total. The van der Waals surface area contributed by atoms with Crippen LogP contribution in [0.5, 0.6) is 5.75 Å². The SMILES string of the molecule is CCOc1ccc(N2C(=O)C[C@@H]([NH+]3CCN(c4cccc[nH+]4)CC3)C2=O)cc1. The van der Waals surface area contributed by atoms with E-state index in [0.717, 1.165) is 37.7 Å². The summed E-state index contributed by atoms with van der Waals surface area (Å²) in [6, 6.07) is 12.9. The standard InChI is InChI=1S/C21H24N4O3/c1-2-28-17-8-6-16(7-9-17)25-20(26)15-18(21(25)27)23-11-13-24(14-12-23)19-5-3-4-10-22-19/h3-10,18H,2,11-15H2,1H3/p+2/t18-/m1/s1. The molecular formula is C21H26N4O3+2. The highest BCUT2D eigenvalue weighted by molar-refractivity contribution is 6.21. The minimum absolute atomic E-state index is 0.0936. The average Bonchev–Trinajstić information content (AvgIpc) is 3.04. The van der Waals surface area contributed by atoms with Gasteiger partial charge in [-0.15, -0.1) is 0 Å². The van der Waals surface area contributed by atoms with Crippen molar-refractivity contribution >= 4 is 23.3 Å². The van der Waals surface area contributed by atoms with E-state index in [1.54, 1.807) is 24.3 Å². The molecule has 1 aromatic heterocycles. The first-order valence-electron chi connectivity index (χ1n) is 9.83. The van der Waals surface area contributed by atoms with Crippen LogP contribution >= 0.6 is 0 Å². The van der Waals surface area contributed by atoms with Gasteiger partial charge in [-0.25, -0.2) is 9.88 Å². The van der Waals surface area contributed by atoms with E-state index in [2.05, 4.69) is 16.0 Å². The number of quaternary nitrogens is 1. The number of H-pyrrole nitrogens is 1. The number of carbonyl (C=O) groups is 2. The Labute approximate surface area is 164 Å². The van der Waals surface area contributed by atoms with Gasteiger partial charge >= 0.3 is 0 Å². The number of benzene rings is 1. The van der Waals surface area contributed by atoms with E-state index in [-0.39, 0.29) is 24.3 Å². The van der Waals surface area contributed by atoms with Crippen LogP contribution < -0.4 is 24.4 Å². The van der Waals surface area contributed by atoms with Crippen LogP contribution in [-0.2, 0) is 9.59 Å². The number of anilines is 2. The summed E-state index contributed by atoms with van der Waals surface area (Å²) >= 11 is 0. The molecule has 0 saturated carbocycles. The van der Waals surface area contributed by atoms with Crippen LogP contribution in [-0.4, -0.2) is 50.6 Å². The molecule has 0 radical (unpaired) electrons. The van der Waals surface area contributed by atoms with Crippen molar-refractivity contribution in [2.75, 3.05) is 42.6 Å². The highest BCUT2D eigenvalue weighted by Crippen LogP contribution is 2.24. The topological polar surface area (TPSA) is 68.4 Å². The Balaban J connectivity index is 1.41. The zero-order chi connectivity index (χ0) is 19.5. The summed E-state index contributed by atoms with van der Waals surface area (Å²) in [7, 11) is 0. The minimum Gasteiger partial charge on any atom is -0.494 e. The number of hydrogen-bond acceptors (Lipinski definition) is 4. The summed E-state index contributed by atoms with van der Waals surface area (Å²) in [5.41, 5.74) is 0.623. The third-order valence-electron chi connectivity index (χ3n) is 5.48. The largest absolute Gasteiger partial charge is 0.494 e. The molecule has 4 rings (SSSR count). The van der Waals surface area contributed by atoms with Crippen LogP contribution in [0.3, 0.4) is 0 Å². The predicted molar refractivity (Wildman–Crippen MR) is 104 cm³/mol. The summed E-state index contributed by atoms with van der Waals surface area (Å²) in [5.74, 6) is 1.61. The Hall–Kier alpha value is -2.93. The molecule has 0 unspecified atom stereocenters. The fraction of sp³-hybridized carbons (Fsp3) is 0.381. The van der Waals surface area contributed by atoms with Gasteiger partial charge in [0.1, 0.15) is 31.9 Å². The lowest BCUT2D eigenvalue weighted by atomic mass is 10.1. The van der Waals surface area contributed by atoms with Gasteiger partial charge in [0.05, 0.1) is 24.9 Å². The van der Waals surface area contributed by atoms with Crippen LogP contribution in [0, 0.1) is 0 Å². The molecule has 2 saturated heterocycles. The van der Waals surface area contributed by atoms with Crippen molar-refractivity contribution in [1.29, 1.82) is 0 Å². The summed E-state index contributed by atoms with van der Waals surface area (Å²) < 4.78 is 5.44. The summed E-state index contributed by atoms with van der Waals surface area (Å²) in [4.78, 5) is 33.7. The van der Waals surface area contributed by atoms with Crippen LogP contribution in [0.4, 0.5) is 11.5 Å². The number of hydrogen-bond donors (Lipinski definition) is 1. The van der Waals surface area contributed by atoms with Gasteiger partial charge in [-0.05, 0) is 37.3 Å². The predicted octanol–water partition coefficient (Wildman–Crippen LogP) is -0.0636. The number of rotatable bonds is 5. The van der Waals surface area contributed by atoms with Crippen molar-refractivity contribution in [2.45, 2.75) is 19.4 Å². The van der Waals surface area contributed by atoms with E-state index in [4.69, 9.17) is 4.74 Å². The van der Waals surface area contributed by atoms with Gasteiger partial charge in [0, 0.05) is 6.07 Å². The van der Waals surface area contributed by atoms with Crippen molar-refractivity contribution in [1.82, 2.24) is 0 Å². The molecule has 1 aromatic carbocycles. The minimum atomic E-state index is -0.291. The fourth-order valence-corrected chi connectivity index (χ4v) is 4.04. The average molecular weight is 382 g/mol. The molecular weight excluding hydrogens is 356 g/mol. The number of ether oxygens (including phenoxy) is 1. The highest BCUT2D eigenvalue weighted by atomic mass is 16.5. The molecule has 3 heterocycles. The summed E-state index contributed by atoms with van der Waals surface area (Å²) in [6.45, 7) is 5.89. The number of nitrogens with one attached hydrogen (secondary N) is 2. The molecule has 0 aliphatic carbocycles. The zero-order valence-corrected chi connectivity index (χ0v) is 16.1. The number of amides is 2. The van der Waals surface area contributed by atoms with Crippen molar-refractivity contribution in [3.05, 3.63) is 48.7 Å². The number of carbonyl (C=O) groups excluding carboxylic acids is 2. The van der Waals surface area contributed by atoms with E-state index >= 15 is 0 Å². The fourth-order valence-electron chi connectivity index (χ4n) is 4.04. The van der Waals surface area contributed by atoms with Gasteiger partial charge in [-0.1, -0.05) is 6.07 Å². The maximum atomic E-state index is 13.0. The molecule has 1 atom stereocenters. The molecule has 2 amide bonds. The lowest BCUT2D eigenvalue weighted by Crippen LogP contribution is -3.19. The van der Waals surface area contributed by atoms with Crippen molar-refractivity contribution < 1.29 is 24.2 Å². The molecule has 2 aromatic rings. The van der Waals surface area contributed by atoms with Crippen molar-refractivity contribution in [2.24, 2.45) is 0 Å². The van der Waals surface area contributed by atoms with E-state index in [1.165, 1.54) is 9.80 Å². The second kappa shape index (κ2) is 7.98. The lowest BCUT2D eigenvalue weighted by Gasteiger charge is -2.31. The number of piperazine rings is 1. The third-order valence-corrected chi connectivity index (χ3v) is 5.48. The zero-order valence-electron chi connectivity index (χ0n) is 16.1. The Bertz CT molecular complexity index is 832. The maximum absolute atomic E-state index is 13.0. The van der Waals surface area contributed by atoms with E-state index < -0.39 is 0 Å². The second-order valence-electron chi connectivity index (χ2n) is 7.14. The number of aromatic nitrogens is 1. The smallest absolute Gasteiger partial charge is 0.292 e. The van der Waals surface area contributed by atoms with Gasteiger partial charge < -0.3 is 9.64 Å². The number of pyridine rings is 1. The monoisotopic (exact) mass is 382 g/mol. The van der Waals surface area contributed by atoms with Crippen LogP contribution in [0.2, 0.25) is 0 Å². The number of nitrogens with zero attached hydrogens (tertiary/aromatic N) is 2. The molecule has 7 nitrogen and oxygen atoms in total. The molecule has 146 valence electrons. The van der Waals surface area contributed by atoms with Gasteiger partial charge in [0.2, 0.25) is 5.91 Å². The molecule has 28 heavy (non-hydrogen) atoms. The Morgan fingerprint density at radius 1 is 1.11 bits per heavy atom. The normalized spacial score (nSPS) is 20.7. The lowest BCUT2D eigenvalue weighted by molar-refractivity contribution is -0.915. The van der Waals surface area contributed by atoms with Crippen LogP contribution in [0.25, 0.3) is 0 Å². The van der Waals surface area contributed by atoms with E-state index in [0.29, 0.717) is 12.3 Å². The number of imide groups is 1. The molecule has 2 aliphatic heterocycles. The Morgan fingerprint density at radius 2 is 1.86 bits per heavy atom. The van der Waals surface area contributed by atoms with Crippen molar-refractivity contribution in [3.8, 4) is 5.75 Å². The molecule has 2 aliphatic rings. The highest BCUT2D eigenvalue weighted by Gasteiger charge is 2.47. The van der Waals surface area contributed by atoms with Gasteiger partial charge in [0.25, 0.3) is 11.7 Å². The molecule has 0 bridgehead atoms. The molecule has 2 fully saturated rings. The molecule has 7 heteroatoms. The van der Waals surface area contributed by atoms with Gasteiger partial charge in [-0.3, -0.25) is 14.5 Å². The quantitative estimate of drug-likeness (QED) is 0.736. The van der Waals surface area contributed by atoms with Gasteiger partial charge in [-0.2, -0.15) is 0 Å². The summed E-state index contributed by atoms with van der Waals surface area (Å²) in [5, 5.41) is 0. The van der Waals surface area contributed by atoms with Gasteiger partial charge in [0.15, 0.2) is 6.04 Å². The van der Waals surface area contributed by atoms with E-state index in [9.17, 15) is 9.59 Å². The number of aromatic amines is 1. The first-order chi connectivity index (χ1) is 13.7. The maximum Gasteiger partial charge on any atom is 0.292 e. The molecule has 0 spiro atoms. The third kappa shape index (κ3) is 3.57. The summed E-state index contributed by atoms with van der Waals surface area (Å²) in [6.07, 6.45) is 2.20.